The molecular weight excluding hydrogens is 284 g/mol. The Balaban J connectivity index is 2.08. The third kappa shape index (κ3) is 3.10. The SMILES string of the molecule is CCC(N)Cc1c(Oc2ccc(C)cc2)n(C)c2ccccc12. The minimum atomic E-state index is 0.140. The Morgan fingerprint density at radius 1 is 1.09 bits per heavy atom. The van der Waals surface area contributed by atoms with Crippen LogP contribution in [-0.2, 0) is 13.5 Å². The highest BCUT2D eigenvalue weighted by molar-refractivity contribution is 5.87. The van der Waals surface area contributed by atoms with Crippen LogP contribution in [0, 0.1) is 6.92 Å². The summed E-state index contributed by atoms with van der Waals surface area (Å²) >= 11 is 0. The fourth-order valence-electron chi connectivity index (χ4n) is 2.90. The van der Waals surface area contributed by atoms with Crippen molar-refractivity contribution in [3.63, 3.8) is 0 Å². The van der Waals surface area contributed by atoms with E-state index in [2.05, 4.69) is 54.8 Å². The first-order valence-corrected chi connectivity index (χ1v) is 8.16. The van der Waals surface area contributed by atoms with E-state index in [1.165, 1.54) is 22.0 Å². The zero-order valence-corrected chi connectivity index (χ0v) is 14.0. The van der Waals surface area contributed by atoms with E-state index in [0.717, 1.165) is 24.5 Å². The first-order valence-electron chi connectivity index (χ1n) is 8.16. The zero-order valence-electron chi connectivity index (χ0n) is 14.0. The number of nitrogens with two attached hydrogens (primary N) is 1. The molecule has 0 amide bonds. The number of hydrogen-bond acceptors (Lipinski definition) is 2. The van der Waals surface area contributed by atoms with Gasteiger partial charge in [-0.25, -0.2) is 0 Å². The number of nitrogens with zero attached hydrogens (tertiary/aromatic N) is 1. The van der Waals surface area contributed by atoms with E-state index in [1.807, 2.05) is 19.2 Å². The maximum atomic E-state index is 6.23. The largest absolute Gasteiger partial charge is 0.441 e. The Kier molecular flexibility index (Phi) is 4.39. The Hall–Kier alpha value is -2.26. The van der Waals surface area contributed by atoms with Gasteiger partial charge >= 0.3 is 0 Å². The van der Waals surface area contributed by atoms with Crippen LogP contribution < -0.4 is 10.5 Å². The second-order valence-corrected chi connectivity index (χ2v) is 6.15. The topological polar surface area (TPSA) is 40.2 Å². The maximum absolute atomic E-state index is 6.23. The number of fused-ring (bicyclic) bond motifs is 1. The van der Waals surface area contributed by atoms with Crippen molar-refractivity contribution in [3.8, 4) is 11.6 Å². The van der Waals surface area contributed by atoms with Gasteiger partial charge in [-0.2, -0.15) is 0 Å². The number of hydrogen-bond donors (Lipinski definition) is 1. The maximum Gasteiger partial charge on any atom is 0.204 e. The molecule has 3 aromatic rings. The van der Waals surface area contributed by atoms with Gasteiger partial charge in [0.1, 0.15) is 5.75 Å². The second-order valence-electron chi connectivity index (χ2n) is 6.15. The van der Waals surface area contributed by atoms with Crippen LogP contribution in [-0.4, -0.2) is 10.6 Å². The van der Waals surface area contributed by atoms with Crippen molar-refractivity contribution in [1.29, 1.82) is 0 Å². The summed E-state index contributed by atoms with van der Waals surface area (Å²) in [6.07, 6.45) is 1.77. The minimum absolute atomic E-state index is 0.140. The fraction of sp³-hybridized carbons (Fsp3) is 0.300. The monoisotopic (exact) mass is 308 g/mol. The van der Waals surface area contributed by atoms with Crippen LogP contribution in [0.3, 0.4) is 0 Å². The van der Waals surface area contributed by atoms with E-state index in [4.69, 9.17) is 10.5 Å². The van der Waals surface area contributed by atoms with Crippen molar-refractivity contribution in [3.05, 3.63) is 59.7 Å². The second kappa shape index (κ2) is 6.47. The first-order chi connectivity index (χ1) is 11.1. The van der Waals surface area contributed by atoms with Gasteiger partial charge in [0.25, 0.3) is 0 Å². The van der Waals surface area contributed by atoms with Crippen LogP contribution >= 0.6 is 0 Å². The molecule has 0 aliphatic heterocycles. The molecule has 3 heteroatoms. The molecule has 2 N–H and O–H groups in total. The predicted molar refractivity (Wildman–Crippen MR) is 96.1 cm³/mol. The highest BCUT2D eigenvalue weighted by Gasteiger charge is 2.18. The van der Waals surface area contributed by atoms with Crippen LogP contribution in [0.5, 0.6) is 11.6 Å². The molecule has 120 valence electrons. The lowest BCUT2D eigenvalue weighted by Gasteiger charge is -2.13. The van der Waals surface area contributed by atoms with Gasteiger partial charge < -0.3 is 15.0 Å². The number of aromatic nitrogens is 1. The van der Waals surface area contributed by atoms with E-state index in [9.17, 15) is 0 Å². The van der Waals surface area contributed by atoms with E-state index in [0.29, 0.717) is 0 Å². The summed E-state index contributed by atoms with van der Waals surface area (Å²) in [5.41, 5.74) is 9.81. The van der Waals surface area contributed by atoms with Gasteiger partial charge in [0.2, 0.25) is 5.88 Å². The molecular formula is C20H24N2O. The van der Waals surface area contributed by atoms with Gasteiger partial charge in [-0.1, -0.05) is 42.8 Å². The van der Waals surface area contributed by atoms with Crippen molar-refractivity contribution in [1.82, 2.24) is 4.57 Å². The fourth-order valence-corrected chi connectivity index (χ4v) is 2.90. The third-order valence-electron chi connectivity index (χ3n) is 4.38. The van der Waals surface area contributed by atoms with Crippen LogP contribution in [0.15, 0.2) is 48.5 Å². The van der Waals surface area contributed by atoms with Gasteiger partial charge in [-0.3, -0.25) is 0 Å². The van der Waals surface area contributed by atoms with Gasteiger partial charge in [0.15, 0.2) is 0 Å². The molecule has 0 saturated carbocycles. The summed E-state index contributed by atoms with van der Waals surface area (Å²) in [4.78, 5) is 0. The van der Waals surface area contributed by atoms with Crippen LogP contribution in [0.2, 0.25) is 0 Å². The number of ether oxygens (including phenoxy) is 1. The summed E-state index contributed by atoms with van der Waals surface area (Å²) in [5.74, 6) is 1.74. The molecule has 1 unspecified atom stereocenters. The Labute approximate surface area is 137 Å². The lowest BCUT2D eigenvalue weighted by Crippen LogP contribution is -2.21. The van der Waals surface area contributed by atoms with Crippen molar-refractivity contribution in [2.75, 3.05) is 0 Å². The Morgan fingerprint density at radius 2 is 1.78 bits per heavy atom. The molecule has 0 radical (unpaired) electrons. The van der Waals surface area contributed by atoms with Gasteiger partial charge in [0.05, 0.1) is 5.52 Å². The van der Waals surface area contributed by atoms with Gasteiger partial charge in [-0.15, -0.1) is 0 Å². The average molecular weight is 308 g/mol. The molecule has 0 spiro atoms. The van der Waals surface area contributed by atoms with E-state index in [-0.39, 0.29) is 6.04 Å². The van der Waals surface area contributed by atoms with Gasteiger partial charge in [0, 0.05) is 24.0 Å². The molecule has 0 saturated heterocycles. The molecule has 0 fully saturated rings. The molecule has 2 aromatic carbocycles. The lowest BCUT2D eigenvalue weighted by molar-refractivity contribution is 0.437. The summed E-state index contributed by atoms with van der Waals surface area (Å²) in [7, 11) is 2.05. The number of benzene rings is 2. The van der Waals surface area contributed by atoms with Crippen molar-refractivity contribution >= 4 is 10.9 Å². The molecule has 3 nitrogen and oxygen atoms in total. The van der Waals surface area contributed by atoms with Crippen molar-refractivity contribution in [2.45, 2.75) is 32.7 Å². The molecule has 0 aliphatic rings. The average Bonchev–Trinajstić information content (AvgIpc) is 2.83. The molecule has 1 atom stereocenters. The highest BCUT2D eigenvalue weighted by atomic mass is 16.5. The summed E-state index contributed by atoms with van der Waals surface area (Å²) in [6.45, 7) is 4.20. The van der Waals surface area contributed by atoms with Crippen molar-refractivity contribution in [2.24, 2.45) is 12.8 Å². The molecule has 0 aliphatic carbocycles. The quantitative estimate of drug-likeness (QED) is 0.750. The predicted octanol–water partition coefficient (Wildman–Crippen LogP) is 4.56. The smallest absolute Gasteiger partial charge is 0.204 e. The minimum Gasteiger partial charge on any atom is -0.441 e. The molecule has 0 bridgehead atoms. The van der Waals surface area contributed by atoms with Crippen LogP contribution in [0.1, 0.15) is 24.5 Å². The molecule has 1 aromatic heterocycles. The van der Waals surface area contributed by atoms with Gasteiger partial charge in [-0.05, 0) is 38.0 Å². The highest BCUT2D eigenvalue weighted by Crippen LogP contribution is 2.35. The number of para-hydroxylation sites is 1. The Bertz CT molecular complexity index is 802. The molecule has 23 heavy (non-hydrogen) atoms. The van der Waals surface area contributed by atoms with Crippen molar-refractivity contribution < 1.29 is 4.74 Å². The normalized spacial score (nSPS) is 12.5. The number of aryl methyl sites for hydroxylation is 2. The summed E-state index contributed by atoms with van der Waals surface area (Å²) < 4.78 is 8.35. The van der Waals surface area contributed by atoms with E-state index in [1.54, 1.807) is 0 Å². The van der Waals surface area contributed by atoms with Crippen LogP contribution in [0.4, 0.5) is 0 Å². The standard InChI is InChI=1S/C20H24N2O/c1-4-15(21)13-18-17-7-5-6-8-19(17)22(3)20(18)23-16-11-9-14(2)10-12-16/h5-12,15H,4,13,21H2,1-3H3. The number of rotatable bonds is 5. The lowest BCUT2D eigenvalue weighted by atomic mass is 10.0. The summed E-state index contributed by atoms with van der Waals surface area (Å²) in [6, 6.07) is 16.7. The molecule has 1 heterocycles. The Morgan fingerprint density at radius 3 is 2.48 bits per heavy atom. The summed E-state index contributed by atoms with van der Waals surface area (Å²) in [5, 5.41) is 1.22. The zero-order chi connectivity index (χ0) is 16.4. The third-order valence-corrected chi connectivity index (χ3v) is 4.38. The van der Waals surface area contributed by atoms with E-state index < -0.39 is 0 Å². The first kappa shape index (κ1) is 15.6. The van der Waals surface area contributed by atoms with E-state index >= 15 is 0 Å². The molecule has 3 rings (SSSR count). The van der Waals surface area contributed by atoms with Crippen LogP contribution in [0.25, 0.3) is 10.9 Å².